The predicted octanol–water partition coefficient (Wildman–Crippen LogP) is 2.77. The van der Waals surface area contributed by atoms with Gasteiger partial charge in [0.25, 0.3) is 5.91 Å². The highest BCUT2D eigenvalue weighted by atomic mass is 16.5. The van der Waals surface area contributed by atoms with Gasteiger partial charge in [0.2, 0.25) is 0 Å². The number of carbonyl (C=O) groups is 2. The molecule has 1 heterocycles. The van der Waals surface area contributed by atoms with Crippen molar-refractivity contribution in [3.8, 4) is 0 Å². The van der Waals surface area contributed by atoms with Crippen LogP contribution in [0, 0.1) is 6.92 Å². The standard InChI is InChI=1S/C23H30N4O3/c1-3-24-22(28)19-10-9-17(2)21(13-19)26-23(29)25-14-20-16-27(11-12-30-20)15-18-7-5-4-6-8-18/h4-10,13,20H,3,11-12,14-16H2,1-2H3,(H,24,28)(H2,25,26,29). The summed E-state index contributed by atoms with van der Waals surface area (Å²) in [6, 6.07) is 15.3. The van der Waals surface area contributed by atoms with Gasteiger partial charge in [0.05, 0.1) is 12.7 Å². The molecule has 1 unspecified atom stereocenters. The minimum Gasteiger partial charge on any atom is -0.374 e. The Bertz CT molecular complexity index is 857. The van der Waals surface area contributed by atoms with E-state index in [0.29, 0.717) is 30.9 Å². The van der Waals surface area contributed by atoms with Gasteiger partial charge in [-0.1, -0.05) is 36.4 Å². The fourth-order valence-corrected chi connectivity index (χ4v) is 3.42. The van der Waals surface area contributed by atoms with Crippen LogP contribution in [0.1, 0.15) is 28.4 Å². The second-order valence-electron chi connectivity index (χ2n) is 7.44. The Kier molecular flexibility index (Phi) is 7.82. The molecule has 1 fully saturated rings. The third-order valence-electron chi connectivity index (χ3n) is 5.05. The summed E-state index contributed by atoms with van der Waals surface area (Å²) in [5.74, 6) is -0.157. The summed E-state index contributed by atoms with van der Waals surface area (Å²) in [7, 11) is 0. The first-order chi connectivity index (χ1) is 14.5. The average Bonchev–Trinajstić information content (AvgIpc) is 2.75. The zero-order valence-electron chi connectivity index (χ0n) is 17.6. The molecule has 0 bridgehead atoms. The van der Waals surface area contributed by atoms with E-state index in [4.69, 9.17) is 4.74 Å². The second-order valence-corrected chi connectivity index (χ2v) is 7.44. The summed E-state index contributed by atoms with van der Waals surface area (Å²) < 4.78 is 5.81. The monoisotopic (exact) mass is 410 g/mol. The van der Waals surface area contributed by atoms with Gasteiger partial charge in [0.15, 0.2) is 0 Å². The van der Waals surface area contributed by atoms with Crippen LogP contribution in [0.25, 0.3) is 0 Å². The summed E-state index contributed by atoms with van der Waals surface area (Å²) in [4.78, 5) is 26.8. The Hall–Kier alpha value is -2.90. The molecule has 0 radical (unpaired) electrons. The maximum atomic E-state index is 12.4. The maximum Gasteiger partial charge on any atom is 0.319 e. The van der Waals surface area contributed by atoms with Crippen LogP contribution in [0.5, 0.6) is 0 Å². The molecule has 0 spiro atoms. The molecule has 3 N–H and O–H groups in total. The third-order valence-corrected chi connectivity index (χ3v) is 5.05. The molecule has 2 aromatic rings. The minimum absolute atomic E-state index is 0.0593. The van der Waals surface area contributed by atoms with Crippen molar-refractivity contribution in [3.63, 3.8) is 0 Å². The maximum absolute atomic E-state index is 12.4. The number of nitrogens with zero attached hydrogens (tertiary/aromatic N) is 1. The van der Waals surface area contributed by atoms with Crippen molar-refractivity contribution in [1.29, 1.82) is 0 Å². The molecule has 1 atom stereocenters. The van der Waals surface area contributed by atoms with Crippen LogP contribution in [0.2, 0.25) is 0 Å². The Morgan fingerprint density at radius 1 is 1.13 bits per heavy atom. The molecule has 7 heteroatoms. The van der Waals surface area contributed by atoms with Crippen molar-refractivity contribution < 1.29 is 14.3 Å². The number of amides is 3. The van der Waals surface area contributed by atoms with Gasteiger partial charge >= 0.3 is 6.03 Å². The van der Waals surface area contributed by atoms with Crippen molar-refractivity contribution in [2.75, 3.05) is 38.1 Å². The molecule has 1 aliphatic heterocycles. The molecule has 30 heavy (non-hydrogen) atoms. The number of ether oxygens (including phenoxy) is 1. The summed E-state index contributed by atoms with van der Waals surface area (Å²) in [5, 5.41) is 8.49. The Morgan fingerprint density at radius 2 is 1.93 bits per heavy atom. The van der Waals surface area contributed by atoms with Gasteiger partial charge in [0, 0.05) is 44.0 Å². The lowest BCUT2D eigenvalue weighted by Gasteiger charge is -2.33. The van der Waals surface area contributed by atoms with Crippen molar-refractivity contribution >= 4 is 17.6 Å². The average molecular weight is 411 g/mol. The van der Waals surface area contributed by atoms with E-state index >= 15 is 0 Å². The van der Waals surface area contributed by atoms with Crippen molar-refractivity contribution in [2.24, 2.45) is 0 Å². The van der Waals surface area contributed by atoms with E-state index in [1.807, 2.05) is 38.1 Å². The Balaban J connectivity index is 1.49. The fraction of sp³-hybridized carbons (Fsp3) is 0.391. The van der Waals surface area contributed by atoms with E-state index in [-0.39, 0.29) is 18.0 Å². The van der Waals surface area contributed by atoms with E-state index in [1.165, 1.54) is 5.56 Å². The van der Waals surface area contributed by atoms with Crippen LogP contribution < -0.4 is 16.0 Å². The van der Waals surface area contributed by atoms with Crippen LogP contribution in [-0.4, -0.2) is 55.7 Å². The molecule has 3 amide bonds. The van der Waals surface area contributed by atoms with E-state index in [2.05, 4.69) is 33.0 Å². The van der Waals surface area contributed by atoms with Gasteiger partial charge in [0.1, 0.15) is 0 Å². The summed E-state index contributed by atoms with van der Waals surface area (Å²) in [5.41, 5.74) is 3.30. The number of benzene rings is 2. The number of hydrogen-bond donors (Lipinski definition) is 3. The van der Waals surface area contributed by atoms with E-state index in [9.17, 15) is 9.59 Å². The first kappa shape index (κ1) is 21.8. The first-order valence-electron chi connectivity index (χ1n) is 10.4. The van der Waals surface area contributed by atoms with Crippen LogP contribution >= 0.6 is 0 Å². The molecule has 1 saturated heterocycles. The lowest BCUT2D eigenvalue weighted by Crippen LogP contribution is -2.47. The number of morpholine rings is 1. The van der Waals surface area contributed by atoms with Gasteiger partial charge in [-0.25, -0.2) is 4.79 Å². The van der Waals surface area contributed by atoms with Gasteiger partial charge < -0.3 is 20.7 Å². The normalized spacial score (nSPS) is 16.7. The number of nitrogens with one attached hydrogen (secondary N) is 3. The van der Waals surface area contributed by atoms with Crippen LogP contribution in [-0.2, 0) is 11.3 Å². The number of urea groups is 1. The number of anilines is 1. The summed E-state index contributed by atoms with van der Waals surface area (Å²) >= 11 is 0. The van der Waals surface area contributed by atoms with Crippen molar-refractivity contribution in [2.45, 2.75) is 26.5 Å². The predicted molar refractivity (Wildman–Crippen MR) is 118 cm³/mol. The quantitative estimate of drug-likeness (QED) is 0.656. The van der Waals surface area contributed by atoms with Gasteiger partial charge in [-0.3, -0.25) is 9.69 Å². The molecule has 1 aliphatic rings. The molecule has 0 aromatic heterocycles. The first-order valence-corrected chi connectivity index (χ1v) is 10.4. The van der Waals surface area contributed by atoms with Crippen molar-refractivity contribution in [3.05, 3.63) is 65.2 Å². The third kappa shape index (κ3) is 6.30. The highest BCUT2D eigenvalue weighted by molar-refractivity contribution is 5.97. The lowest BCUT2D eigenvalue weighted by molar-refractivity contribution is -0.0285. The highest BCUT2D eigenvalue weighted by Crippen LogP contribution is 2.17. The molecule has 3 rings (SSSR count). The molecule has 2 aromatic carbocycles. The lowest BCUT2D eigenvalue weighted by atomic mass is 10.1. The SMILES string of the molecule is CCNC(=O)c1ccc(C)c(NC(=O)NCC2CN(Cc3ccccc3)CCO2)c1. The Labute approximate surface area is 177 Å². The molecule has 0 saturated carbocycles. The van der Waals surface area contributed by atoms with Crippen LogP contribution in [0.3, 0.4) is 0 Å². The molecule has 160 valence electrons. The number of carbonyl (C=O) groups excluding carboxylic acids is 2. The fourth-order valence-electron chi connectivity index (χ4n) is 3.42. The number of aryl methyl sites for hydroxylation is 1. The van der Waals surface area contributed by atoms with Crippen LogP contribution in [0.15, 0.2) is 48.5 Å². The molecular formula is C23H30N4O3. The van der Waals surface area contributed by atoms with Gasteiger partial charge in [-0.15, -0.1) is 0 Å². The van der Waals surface area contributed by atoms with E-state index in [0.717, 1.165) is 25.2 Å². The number of hydrogen-bond acceptors (Lipinski definition) is 4. The van der Waals surface area contributed by atoms with Gasteiger partial charge in [-0.05, 0) is 37.1 Å². The second kappa shape index (κ2) is 10.8. The number of rotatable bonds is 7. The summed E-state index contributed by atoms with van der Waals surface area (Å²) in [6.07, 6.45) is -0.0593. The van der Waals surface area contributed by atoms with E-state index < -0.39 is 0 Å². The summed E-state index contributed by atoms with van der Waals surface area (Å²) in [6.45, 7) is 7.90. The zero-order chi connectivity index (χ0) is 21.3. The zero-order valence-corrected chi connectivity index (χ0v) is 17.6. The largest absolute Gasteiger partial charge is 0.374 e. The van der Waals surface area contributed by atoms with Gasteiger partial charge in [-0.2, -0.15) is 0 Å². The topological polar surface area (TPSA) is 82.7 Å². The molecule has 7 nitrogen and oxygen atoms in total. The highest BCUT2D eigenvalue weighted by Gasteiger charge is 2.21. The Morgan fingerprint density at radius 3 is 2.70 bits per heavy atom. The molecular weight excluding hydrogens is 380 g/mol. The van der Waals surface area contributed by atoms with E-state index in [1.54, 1.807) is 12.1 Å². The molecule has 0 aliphatic carbocycles. The van der Waals surface area contributed by atoms with Crippen LogP contribution in [0.4, 0.5) is 10.5 Å². The minimum atomic E-state index is -0.310. The smallest absolute Gasteiger partial charge is 0.319 e. The van der Waals surface area contributed by atoms with Crippen molar-refractivity contribution in [1.82, 2.24) is 15.5 Å².